The first-order valence-corrected chi connectivity index (χ1v) is 7.68. The second kappa shape index (κ2) is 6.15. The molecule has 0 amide bonds. The second-order valence-electron chi connectivity index (χ2n) is 6.97. The molecule has 114 valence electrons. The fourth-order valence-corrected chi connectivity index (χ4v) is 3.25. The Bertz CT molecular complexity index is 413. The van der Waals surface area contributed by atoms with Crippen LogP contribution in [0, 0.1) is 11.3 Å². The quantitative estimate of drug-likeness (QED) is 0.531. The molecular formula is C18H30O2. The van der Waals surface area contributed by atoms with Gasteiger partial charge in [-0.15, -0.1) is 6.58 Å². The van der Waals surface area contributed by atoms with Crippen LogP contribution in [0.25, 0.3) is 0 Å². The van der Waals surface area contributed by atoms with E-state index in [1.54, 1.807) is 0 Å². The molecule has 0 aliphatic heterocycles. The number of carbonyl (C=O) groups excluding carboxylic acids is 1. The molecule has 0 unspecified atom stereocenters. The molecular weight excluding hydrogens is 248 g/mol. The van der Waals surface area contributed by atoms with E-state index in [1.807, 2.05) is 20.8 Å². The van der Waals surface area contributed by atoms with Gasteiger partial charge in [0.15, 0.2) is 0 Å². The van der Waals surface area contributed by atoms with Crippen LogP contribution in [0.15, 0.2) is 23.8 Å². The van der Waals surface area contributed by atoms with Gasteiger partial charge in [-0.1, -0.05) is 31.1 Å². The van der Waals surface area contributed by atoms with Gasteiger partial charge in [0, 0.05) is 17.8 Å². The summed E-state index contributed by atoms with van der Waals surface area (Å²) >= 11 is 0. The molecule has 0 saturated heterocycles. The molecule has 0 aromatic heterocycles. The van der Waals surface area contributed by atoms with Gasteiger partial charge in [-0.05, 0) is 47.0 Å². The summed E-state index contributed by atoms with van der Waals surface area (Å²) < 4.78 is 5.67. The molecule has 0 spiro atoms. The molecule has 2 nitrogen and oxygen atoms in total. The first-order chi connectivity index (χ1) is 9.16. The van der Waals surface area contributed by atoms with E-state index in [0.29, 0.717) is 12.3 Å². The Morgan fingerprint density at radius 2 is 2.10 bits per heavy atom. The minimum atomic E-state index is -0.393. The van der Waals surface area contributed by atoms with E-state index < -0.39 is 5.60 Å². The average Bonchev–Trinajstić information content (AvgIpc) is 2.37. The summed E-state index contributed by atoms with van der Waals surface area (Å²) in [7, 11) is 0. The van der Waals surface area contributed by atoms with Crippen molar-refractivity contribution in [3.05, 3.63) is 23.8 Å². The fourth-order valence-electron chi connectivity index (χ4n) is 3.25. The van der Waals surface area contributed by atoms with E-state index in [0.717, 1.165) is 19.3 Å². The van der Waals surface area contributed by atoms with E-state index in [4.69, 9.17) is 4.74 Å². The molecule has 1 fully saturated rings. The summed E-state index contributed by atoms with van der Waals surface area (Å²) in [4.78, 5) is 11.6. The predicted octanol–water partition coefficient (Wildman–Crippen LogP) is 5.05. The summed E-state index contributed by atoms with van der Waals surface area (Å²) in [5, 5.41) is 0. The lowest BCUT2D eigenvalue weighted by molar-refractivity contribution is -0.162. The molecule has 1 aliphatic carbocycles. The third-order valence-electron chi connectivity index (χ3n) is 4.85. The lowest BCUT2D eigenvalue weighted by Gasteiger charge is -2.44. The molecule has 20 heavy (non-hydrogen) atoms. The molecule has 0 radical (unpaired) electrons. The molecule has 0 bridgehead atoms. The van der Waals surface area contributed by atoms with Gasteiger partial charge >= 0.3 is 5.97 Å². The summed E-state index contributed by atoms with van der Waals surface area (Å²) in [5.41, 5.74) is 2.54. The van der Waals surface area contributed by atoms with E-state index in [9.17, 15) is 4.79 Å². The standard InChI is InChI=1S/C18H30O2/c1-8-16(19)20-17(5,6)14-10-11-18(7,9-2)15(12-14)13(3)4/h9,14H,2,8,10-12H2,1,3-7H3/t14-,18-/m1/s1. The number of ether oxygens (including phenoxy) is 1. The number of hydrogen-bond acceptors (Lipinski definition) is 2. The maximum atomic E-state index is 11.6. The van der Waals surface area contributed by atoms with Gasteiger partial charge < -0.3 is 4.74 Å². The first kappa shape index (κ1) is 17.0. The Morgan fingerprint density at radius 1 is 1.50 bits per heavy atom. The second-order valence-corrected chi connectivity index (χ2v) is 6.97. The molecule has 0 aromatic carbocycles. The highest BCUT2D eigenvalue weighted by Crippen LogP contribution is 2.48. The lowest BCUT2D eigenvalue weighted by Crippen LogP contribution is -2.41. The summed E-state index contributed by atoms with van der Waals surface area (Å²) in [5.74, 6) is 0.279. The van der Waals surface area contributed by atoms with E-state index in [1.165, 1.54) is 11.1 Å². The van der Waals surface area contributed by atoms with E-state index >= 15 is 0 Å². The van der Waals surface area contributed by atoms with Crippen LogP contribution in [-0.4, -0.2) is 11.6 Å². The summed E-state index contributed by atoms with van der Waals surface area (Å²) in [6.07, 6.45) is 5.67. The maximum Gasteiger partial charge on any atom is 0.306 e. The van der Waals surface area contributed by atoms with Crippen LogP contribution in [0.3, 0.4) is 0 Å². The van der Waals surface area contributed by atoms with Crippen molar-refractivity contribution in [2.45, 2.75) is 72.8 Å². The number of hydrogen-bond donors (Lipinski definition) is 0. The minimum absolute atomic E-state index is 0.0974. The van der Waals surface area contributed by atoms with Crippen molar-refractivity contribution in [3.63, 3.8) is 0 Å². The molecule has 0 N–H and O–H groups in total. The number of esters is 1. The molecule has 1 saturated carbocycles. The van der Waals surface area contributed by atoms with Crippen molar-refractivity contribution in [2.75, 3.05) is 0 Å². The highest BCUT2D eigenvalue weighted by Gasteiger charge is 2.41. The van der Waals surface area contributed by atoms with Crippen LogP contribution in [0.2, 0.25) is 0 Å². The van der Waals surface area contributed by atoms with Crippen molar-refractivity contribution < 1.29 is 9.53 Å². The highest BCUT2D eigenvalue weighted by atomic mass is 16.6. The smallest absolute Gasteiger partial charge is 0.306 e. The Balaban J connectivity index is 2.95. The monoisotopic (exact) mass is 278 g/mol. The van der Waals surface area contributed by atoms with Crippen molar-refractivity contribution in [2.24, 2.45) is 11.3 Å². The van der Waals surface area contributed by atoms with Gasteiger partial charge in [-0.2, -0.15) is 0 Å². The van der Waals surface area contributed by atoms with E-state index in [2.05, 4.69) is 33.4 Å². The topological polar surface area (TPSA) is 26.3 Å². The zero-order chi connectivity index (χ0) is 15.6. The lowest BCUT2D eigenvalue weighted by atomic mass is 9.64. The van der Waals surface area contributed by atoms with Gasteiger partial charge in [0.25, 0.3) is 0 Å². The van der Waals surface area contributed by atoms with Crippen LogP contribution >= 0.6 is 0 Å². The fraction of sp³-hybridized carbons (Fsp3) is 0.722. The van der Waals surface area contributed by atoms with Gasteiger partial charge in [-0.3, -0.25) is 4.79 Å². The van der Waals surface area contributed by atoms with Crippen molar-refractivity contribution in [3.8, 4) is 0 Å². The Kier molecular flexibility index (Phi) is 5.23. The van der Waals surface area contributed by atoms with Crippen LogP contribution in [0.4, 0.5) is 0 Å². The molecule has 1 rings (SSSR count). The Morgan fingerprint density at radius 3 is 2.55 bits per heavy atom. The zero-order valence-corrected chi connectivity index (χ0v) is 14.0. The number of allylic oxidation sites excluding steroid dienone is 3. The normalized spacial score (nSPS) is 27.1. The molecule has 2 atom stereocenters. The highest BCUT2D eigenvalue weighted by molar-refractivity contribution is 5.69. The maximum absolute atomic E-state index is 11.6. The SMILES string of the molecule is C=C[C@]1(C)CC[C@@H](C(C)(C)OC(=O)CC)CC1=C(C)C. The van der Waals surface area contributed by atoms with Crippen LogP contribution in [0.5, 0.6) is 0 Å². The molecule has 1 aliphatic rings. The van der Waals surface area contributed by atoms with Crippen molar-refractivity contribution >= 4 is 5.97 Å². The third kappa shape index (κ3) is 3.53. The van der Waals surface area contributed by atoms with Crippen LogP contribution in [-0.2, 0) is 9.53 Å². The summed E-state index contributed by atoms with van der Waals surface area (Å²) in [6, 6.07) is 0. The van der Waals surface area contributed by atoms with E-state index in [-0.39, 0.29) is 11.4 Å². The Hall–Kier alpha value is -1.05. The first-order valence-electron chi connectivity index (χ1n) is 7.68. The van der Waals surface area contributed by atoms with Crippen LogP contribution in [0.1, 0.15) is 67.2 Å². The van der Waals surface area contributed by atoms with Gasteiger partial charge in [0.2, 0.25) is 0 Å². The Labute approximate surface area is 124 Å². The van der Waals surface area contributed by atoms with Crippen LogP contribution < -0.4 is 0 Å². The average molecular weight is 278 g/mol. The van der Waals surface area contributed by atoms with Gasteiger partial charge in [-0.25, -0.2) is 0 Å². The number of carbonyl (C=O) groups is 1. The van der Waals surface area contributed by atoms with Crippen molar-refractivity contribution in [1.82, 2.24) is 0 Å². The molecule has 0 heterocycles. The van der Waals surface area contributed by atoms with Crippen molar-refractivity contribution in [1.29, 1.82) is 0 Å². The predicted molar refractivity (Wildman–Crippen MR) is 84.5 cm³/mol. The third-order valence-corrected chi connectivity index (χ3v) is 4.85. The summed E-state index contributed by atoms with van der Waals surface area (Å²) in [6.45, 7) is 16.6. The zero-order valence-electron chi connectivity index (χ0n) is 14.0. The van der Waals surface area contributed by atoms with Gasteiger partial charge in [0.1, 0.15) is 5.60 Å². The minimum Gasteiger partial charge on any atom is -0.459 e. The molecule has 2 heteroatoms. The van der Waals surface area contributed by atoms with Gasteiger partial charge in [0.05, 0.1) is 0 Å². The number of rotatable bonds is 4. The molecule has 0 aromatic rings. The largest absolute Gasteiger partial charge is 0.459 e.